The quantitative estimate of drug-likeness (QED) is 0.724. The highest BCUT2D eigenvalue weighted by molar-refractivity contribution is 7.15. The molecule has 1 aromatic carbocycles. The first-order valence-corrected chi connectivity index (χ1v) is 9.14. The number of aromatic nitrogens is 1. The van der Waals surface area contributed by atoms with Gasteiger partial charge in [-0.15, -0.1) is 22.7 Å². The number of benzene rings is 1. The number of hydrogen-bond donors (Lipinski definition) is 1. The Morgan fingerprint density at radius 3 is 3.09 bits per heavy atom. The Balaban J connectivity index is 1.64. The maximum Gasteiger partial charge on any atom is 0.142 e. The summed E-state index contributed by atoms with van der Waals surface area (Å²) in [6.07, 6.45) is 1.29. The van der Waals surface area contributed by atoms with Crippen LogP contribution in [0.4, 0.5) is 5.69 Å². The van der Waals surface area contributed by atoms with Crippen molar-refractivity contribution in [2.45, 2.75) is 19.4 Å². The molecule has 0 saturated heterocycles. The lowest BCUT2D eigenvalue weighted by Gasteiger charge is -2.26. The third kappa shape index (κ3) is 2.51. The van der Waals surface area contributed by atoms with E-state index in [9.17, 15) is 0 Å². The Morgan fingerprint density at radius 1 is 1.32 bits per heavy atom. The van der Waals surface area contributed by atoms with Gasteiger partial charge in [-0.2, -0.15) is 0 Å². The zero-order valence-electron chi connectivity index (χ0n) is 12.2. The number of ether oxygens (including phenoxy) is 1. The zero-order chi connectivity index (χ0) is 14.9. The van der Waals surface area contributed by atoms with Gasteiger partial charge in [0.25, 0.3) is 0 Å². The molecule has 1 unspecified atom stereocenters. The second-order valence-corrected chi connectivity index (χ2v) is 7.06. The molecule has 112 valence electrons. The summed E-state index contributed by atoms with van der Waals surface area (Å²) >= 11 is 3.41. The molecule has 22 heavy (non-hydrogen) atoms. The lowest BCUT2D eigenvalue weighted by molar-refractivity contribution is 0.202. The number of nitrogens with one attached hydrogen (secondary N) is 1. The lowest BCUT2D eigenvalue weighted by Crippen LogP contribution is -2.29. The fraction of sp³-hybridized carbons (Fsp3) is 0.235. The molecule has 5 heteroatoms. The molecule has 3 nitrogen and oxygen atoms in total. The van der Waals surface area contributed by atoms with E-state index in [2.05, 4.69) is 47.3 Å². The summed E-state index contributed by atoms with van der Waals surface area (Å²) in [6, 6.07) is 10.4. The molecule has 3 heterocycles. The number of hydrogen-bond acceptors (Lipinski definition) is 5. The fourth-order valence-corrected chi connectivity index (χ4v) is 4.10. The van der Waals surface area contributed by atoms with E-state index in [0.29, 0.717) is 0 Å². The summed E-state index contributed by atoms with van der Waals surface area (Å²) in [5.41, 5.74) is 3.26. The van der Waals surface area contributed by atoms with Gasteiger partial charge < -0.3 is 10.1 Å². The number of anilines is 1. The van der Waals surface area contributed by atoms with E-state index >= 15 is 0 Å². The molecule has 0 saturated carbocycles. The van der Waals surface area contributed by atoms with Crippen LogP contribution in [0.5, 0.6) is 5.75 Å². The van der Waals surface area contributed by atoms with E-state index in [4.69, 9.17) is 9.72 Å². The zero-order valence-corrected chi connectivity index (χ0v) is 13.8. The van der Waals surface area contributed by atoms with Crippen LogP contribution in [0.15, 0.2) is 41.1 Å². The Labute approximate surface area is 137 Å². The maximum atomic E-state index is 5.96. The van der Waals surface area contributed by atoms with Crippen LogP contribution in [-0.2, 0) is 0 Å². The van der Waals surface area contributed by atoms with Gasteiger partial charge in [0.1, 0.15) is 16.9 Å². The SMILES string of the molecule is CCC1CNc2cc(-c3nc(-c4cccs4)cs3)ccc2O1. The molecule has 4 rings (SSSR count). The Kier molecular flexibility index (Phi) is 3.60. The number of thiophene rings is 1. The normalized spacial score (nSPS) is 16.7. The van der Waals surface area contributed by atoms with Crippen molar-refractivity contribution in [3.8, 4) is 26.9 Å². The molecular formula is C17H16N2OS2. The van der Waals surface area contributed by atoms with Crippen LogP contribution in [0.25, 0.3) is 21.1 Å². The highest BCUT2D eigenvalue weighted by Crippen LogP contribution is 2.36. The molecule has 3 aromatic rings. The summed E-state index contributed by atoms with van der Waals surface area (Å²) in [5, 5.41) is 8.71. The summed E-state index contributed by atoms with van der Waals surface area (Å²) < 4.78 is 5.96. The van der Waals surface area contributed by atoms with Crippen LogP contribution in [0.3, 0.4) is 0 Å². The first-order chi connectivity index (χ1) is 10.8. The lowest BCUT2D eigenvalue weighted by atomic mass is 10.1. The van der Waals surface area contributed by atoms with Gasteiger partial charge in [-0.05, 0) is 36.1 Å². The predicted octanol–water partition coefficient (Wildman–Crippen LogP) is 5.12. The van der Waals surface area contributed by atoms with E-state index in [0.717, 1.165) is 40.7 Å². The second-order valence-electron chi connectivity index (χ2n) is 5.26. The Hall–Kier alpha value is -1.85. The molecule has 0 spiro atoms. The molecule has 0 aliphatic carbocycles. The average molecular weight is 328 g/mol. The first-order valence-electron chi connectivity index (χ1n) is 7.38. The average Bonchev–Trinajstić information content (AvgIpc) is 3.24. The van der Waals surface area contributed by atoms with Crippen LogP contribution >= 0.6 is 22.7 Å². The minimum Gasteiger partial charge on any atom is -0.486 e. The number of rotatable bonds is 3. The molecule has 0 fully saturated rings. The summed E-state index contributed by atoms with van der Waals surface area (Å²) in [6.45, 7) is 3.01. The van der Waals surface area contributed by atoms with Gasteiger partial charge in [0.2, 0.25) is 0 Å². The highest BCUT2D eigenvalue weighted by atomic mass is 32.1. The smallest absolute Gasteiger partial charge is 0.142 e. The molecule has 1 N–H and O–H groups in total. The molecule has 1 atom stereocenters. The number of nitrogens with zero attached hydrogens (tertiary/aromatic N) is 1. The van der Waals surface area contributed by atoms with E-state index in [1.54, 1.807) is 22.7 Å². The van der Waals surface area contributed by atoms with Crippen LogP contribution in [0.2, 0.25) is 0 Å². The summed E-state index contributed by atoms with van der Waals surface area (Å²) in [5.74, 6) is 0.942. The Morgan fingerprint density at radius 2 is 2.27 bits per heavy atom. The third-order valence-electron chi connectivity index (χ3n) is 3.77. The number of fused-ring (bicyclic) bond motifs is 1. The van der Waals surface area contributed by atoms with Crippen molar-refractivity contribution in [3.63, 3.8) is 0 Å². The van der Waals surface area contributed by atoms with Gasteiger partial charge in [0.15, 0.2) is 0 Å². The van der Waals surface area contributed by atoms with E-state index in [-0.39, 0.29) is 6.10 Å². The standard InChI is InChI=1S/C17H16N2OS2/c1-2-12-9-18-13-8-11(5-6-15(13)20-12)17-19-14(10-22-17)16-4-3-7-21-16/h3-8,10,12,18H,2,9H2,1H3. The van der Waals surface area contributed by atoms with Crippen LogP contribution in [0.1, 0.15) is 13.3 Å². The number of thiazole rings is 1. The van der Waals surface area contributed by atoms with Crippen LogP contribution < -0.4 is 10.1 Å². The second kappa shape index (κ2) is 5.74. The van der Waals surface area contributed by atoms with Gasteiger partial charge in [0, 0.05) is 10.9 Å². The molecular weight excluding hydrogens is 312 g/mol. The minimum absolute atomic E-state index is 0.267. The molecule has 0 amide bonds. The van der Waals surface area contributed by atoms with Crippen molar-refractivity contribution in [2.75, 3.05) is 11.9 Å². The van der Waals surface area contributed by atoms with Crippen molar-refractivity contribution in [1.82, 2.24) is 4.98 Å². The summed E-state index contributed by atoms with van der Waals surface area (Å²) in [4.78, 5) is 5.98. The Bertz CT molecular complexity index is 780. The molecule has 1 aliphatic heterocycles. The highest BCUT2D eigenvalue weighted by Gasteiger charge is 2.18. The van der Waals surface area contributed by atoms with Crippen LogP contribution in [0, 0.1) is 0 Å². The molecule has 0 bridgehead atoms. The largest absolute Gasteiger partial charge is 0.486 e. The van der Waals surface area contributed by atoms with Gasteiger partial charge in [-0.1, -0.05) is 13.0 Å². The van der Waals surface area contributed by atoms with Crippen molar-refractivity contribution in [1.29, 1.82) is 0 Å². The van der Waals surface area contributed by atoms with Crippen LogP contribution in [-0.4, -0.2) is 17.6 Å². The van der Waals surface area contributed by atoms with Gasteiger partial charge in [0.05, 0.1) is 22.8 Å². The van der Waals surface area contributed by atoms with Crippen molar-refractivity contribution >= 4 is 28.4 Å². The van der Waals surface area contributed by atoms with E-state index in [1.807, 2.05) is 6.07 Å². The van der Waals surface area contributed by atoms with E-state index in [1.165, 1.54) is 4.88 Å². The van der Waals surface area contributed by atoms with E-state index < -0.39 is 0 Å². The third-order valence-corrected chi connectivity index (χ3v) is 5.56. The first kappa shape index (κ1) is 13.8. The monoisotopic (exact) mass is 328 g/mol. The fourth-order valence-electron chi connectivity index (χ4n) is 2.52. The molecule has 0 radical (unpaired) electrons. The topological polar surface area (TPSA) is 34.2 Å². The summed E-state index contributed by atoms with van der Waals surface area (Å²) in [7, 11) is 0. The molecule has 2 aromatic heterocycles. The van der Waals surface area contributed by atoms with Gasteiger partial charge in [-0.25, -0.2) is 4.98 Å². The van der Waals surface area contributed by atoms with Gasteiger partial charge in [-0.3, -0.25) is 0 Å². The van der Waals surface area contributed by atoms with Gasteiger partial charge >= 0.3 is 0 Å². The molecule has 1 aliphatic rings. The maximum absolute atomic E-state index is 5.96. The predicted molar refractivity (Wildman–Crippen MR) is 94.1 cm³/mol. The van der Waals surface area contributed by atoms with Crippen molar-refractivity contribution < 1.29 is 4.74 Å². The van der Waals surface area contributed by atoms with Crippen molar-refractivity contribution in [3.05, 3.63) is 41.1 Å². The minimum atomic E-state index is 0.267. The van der Waals surface area contributed by atoms with Crippen molar-refractivity contribution in [2.24, 2.45) is 0 Å².